The lowest BCUT2D eigenvalue weighted by atomic mass is 10.1. The zero-order valence-electron chi connectivity index (χ0n) is 11.6. The van der Waals surface area contributed by atoms with Gasteiger partial charge < -0.3 is 0 Å². The molecule has 0 unspecified atom stereocenters. The number of nitrogens with one attached hydrogen (secondary N) is 2. The molecule has 0 bridgehead atoms. The number of rotatable bonds is 8. The van der Waals surface area contributed by atoms with Gasteiger partial charge in [0.25, 0.3) is 0 Å². The minimum absolute atomic E-state index is 0.0822. The van der Waals surface area contributed by atoms with Crippen LogP contribution in [-0.4, -0.2) is 35.4 Å². The van der Waals surface area contributed by atoms with Crippen molar-refractivity contribution in [3.63, 3.8) is 0 Å². The molecule has 0 aliphatic carbocycles. The van der Waals surface area contributed by atoms with Crippen LogP contribution in [0.25, 0.3) is 0 Å². The zero-order chi connectivity index (χ0) is 15.2. The van der Waals surface area contributed by atoms with Crippen molar-refractivity contribution in [2.75, 3.05) is 23.3 Å². The molecule has 1 aromatic rings. The summed E-state index contributed by atoms with van der Waals surface area (Å²) in [6.07, 6.45) is 2.52. The van der Waals surface area contributed by atoms with Crippen LogP contribution in [0.1, 0.15) is 18.9 Å². The number of sulfonamides is 2. The maximum Gasteiger partial charge on any atom is 0.229 e. The van der Waals surface area contributed by atoms with E-state index < -0.39 is 20.0 Å². The molecule has 0 amide bonds. The second-order valence-corrected chi connectivity index (χ2v) is 8.32. The third kappa shape index (κ3) is 6.88. The van der Waals surface area contributed by atoms with Gasteiger partial charge in [0.1, 0.15) is 0 Å². The van der Waals surface area contributed by atoms with Crippen LogP contribution in [0.3, 0.4) is 0 Å². The van der Waals surface area contributed by atoms with Gasteiger partial charge in [0.05, 0.1) is 12.0 Å². The van der Waals surface area contributed by atoms with Gasteiger partial charge in [-0.3, -0.25) is 4.72 Å². The Hall–Kier alpha value is -1.12. The molecule has 0 aliphatic heterocycles. The predicted molar refractivity (Wildman–Crippen MR) is 80.7 cm³/mol. The number of benzene rings is 1. The molecule has 0 saturated heterocycles. The first-order valence-corrected chi connectivity index (χ1v) is 9.80. The standard InChI is InChI=1S/C12H20N2O4S2/c1-3-20(17,18)13-10-4-5-11-6-8-12(9-7-11)14-19(2,15)16/h6-9,13-14H,3-5,10H2,1-2H3. The summed E-state index contributed by atoms with van der Waals surface area (Å²) < 4.78 is 49.4. The van der Waals surface area contributed by atoms with E-state index in [2.05, 4.69) is 9.44 Å². The summed E-state index contributed by atoms with van der Waals surface area (Å²) >= 11 is 0. The molecule has 0 aromatic heterocycles. The van der Waals surface area contributed by atoms with Gasteiger partial charge in [-0.05, 0) is 37.5 Å². The first kappa shape index (κ1) is 16.9. The fourth-order valence-corrected chi connectivity index (χ4v) is 2.80. The van der Waals surface area contributed by atoms with Gasteiger partial charge >= 0.3 is 0 Å². The number of hydrogen-bond acceptors (Lipinski definition) is 4. The van der Waals surface area contributed by atoms with E-state index in [1.54, 1.807) is 19.1 Å². The Balaban J connectivity index is 2.43. The van der Waals surface area contributed by atoms with Gasteiger partial charge in [0.2, 0.25) is 20.0 Å². The van der Waals surface area contributed by atoms with Crippen molar-refractivity contribution in [3.8, 4) is 0 Å². The van der Waals surface area contributed by atoms with E-state index in [1.165, 1.54) is 0 Å². The monoisotopic (exact) mass is 320 g/mol. The summed E-state index contributed by atoms with van der Waals surface area (Å²) in [5, 5.41) is 0. The highest BCUT2D eigenvalue weighted by Gasteiger charge is 2.05. The molecular formula is C12H20N2O4S2. The topological polar surface area (TPSA) is 92.3 Å². The molecular weight excluding hydrogens is 300 g/mol. The van der Waals surface area contributed by atoms with Crippen molar-refractivity contribution in [3.05, 3.63) is 29.8 Å². The average Bonchev–Trinajstić information content (AvgIpc) is 2.35. The van der Waals surface area contributed by atoms with Crippen molar-refractivity contribution in [1.82, 2.24) is 4.72 Å². The summed E-state index contributed by atoms with van der Waals surface area (Å²) in [4.78, 5) is 0. The molecule has 2 N–H and O–H groups in total. The minimum Gasteiger partial charge on any atom is -0.284 e. The Bertz CT molecular complexity index is 622. The molecule has 6 nitrogen and oxygen atoms in total. The van der Waals surface area contributed by atoms with Crippen LogP contribution in [-0.2, 0) is 26.5 Å². The Labute approximate surface area is 120 Å². The lowest BCUT2D eigenvalue weighted by Crippen LogP contribution is -2.26. The molecule has 1 aromatic carbocycles. The molecule has 0 atom stereocenters. The van der Waals surface area contributed by atoms with E-state index in [0.717, 1.165) is 18.2 Å². The number of anilines is 1. The van der Waals surface area contributed by atoms with Crippen LogP contribution in [0.2, 0.25) is 0 Å². The normalized spacial score (nSPS) is 12.3. The SMILES string of the molecule is CCS(=O)(=O)NCCCc1ccc(NS(C)(=O)=O)cc1. The van der Waals surface area contributed by atoms with Gasteiger partial charge in [-0.25, -0.2) is 21.6 Å². The first-order valence-electron chi connectivity index (χ1n) is 6.26. The Kier molecular flexibility index (Phi) is 5.97. The molecule has 0 radical (unpaired) electrons. The molecule has 1 rings (SSSR count). The van der Waals surface area contributed by atoms with Gasteiger partial charge in [0, 0.05) is 12.2 Å². The fraction of sp³-hybridized carbons (Fsp3) is 0.500. The van der Waals surface area contributed by atoms with E-state index >= 15 is 0 Å². The van der Waals surface area contributed by atoms with E-state index in [4.69, 9.17) is 0 Å². The van der Waals surface area contributed by atoms with Crippen molar-refractivity contribution >= 4 is 25.7 Å². The van der Waals surface area contributed by atoms with Crippen molar-refractivity contribution in [1.29, 1.82) is 0 Å². The number of aryl methyl sites for hydroxylation is 1. The van der Waals surface area contributed by atoms with E-state index in [9.17, 15) is 16.8 Å². The predicted octanol–water partition coefficient (Wildman–Crippen LogP) is 0.930. The Morgan fingerprint density at radius 1 is 1.05 bits per heavy atom. The van der Waals surface area contributed by atoms with Crippen LogP contribution < -0.4 is 9.44 Å². The third-order valence-corrected chi connectivity index (χ3v) is 4.61. The fourth-order valence-electron chi connectivity index (χ4n) is 1.58. The van der Waals surface area contributed by atoms with Gasteiger partial charge in [-0.1, -0.05) is 12.1 Å². The molecule has 20 heavy (non-hydrogen) atoms. The highest BCUT2D eigenvalue weighted by molar-refractivity contribution is 7.92. The van der Waals surface area contributed by atoms with Crippen LogP contribution in [0.5, 0.6) is 0 Å². The Morgan fingerprint density at radius 3 is 2.15 bits per heavy atom. The first-order chi connectivity index (χ1) is 9.22. The lowest BCUT2D eigenvalue weighted by molar-refractivity contribution is 0.580. The average molecular weight is 320 g/mol. The lowest BCUT2D eigenvalue weighted by Gasteiger charge is -2.06. The summed E-state index contributed by atoms with van der Waals surface area (Å²) in [6.45, 7) is 2.00. The summed E-state index contributed by atoms with van der Waals surface area (Å²) in [5.41, 5.74) is 1.54. The smallest absolute Gasteiger partial charge is 0.229 e. The summed E-state index contributed by atoms with van der Waals surface area (Å²) in [6, 6.07) is 7.02. The van der Waals surface area contributed by atoms with Gasteiger partial charge in [-0.2, -0.15) is 0 Å². The molecule has 0 aliphatic rings. The second-order valence-electron chi connectivity index (χ2n) is 4.47. The molecule has 0 heterocycles. The van der Waals surface area contributed by atoms with Crippen molar-refractivity contribution in [2.45, 2.75) is 19.8 Å². The molecule has 8 heteroatoms. The van der Waals surface area contributed by atoms with Gasteiger partial charge in [-0.15, -0.1) is 0 Å². The van der Waals surface area contributed by atoms with E-state index in [-0.39, 0.29) is 5.75 Å². The largest absolute Gasteiger partial charge is 0.284 e. The minimum atomic E-state index is -3.26. The summed E-state index contributed by atoms with van der Waals surface area (Å²) in [7, 11) is -6.38. The maximum atomic E-state index is 11.2. The zero-order valence-corrected chi connectivity index (χ0v) is 13.2. The maximum absolute atomic E-state index is 11.2. The highest BCUT2D eigenvalue weighted by atomic mass is 32.2. The number of hydrogen-bond donors (Lipinski definition) is 2. The van der Waals surface area contributed by atoms with Crippen molar-refractivity contribution in [2.24, 2.45) is 0 Å². The van der Waals surface area contributed by atoms with Gasteiger partial charge in [0.15, 0.2) is 0 Å². The third-order valence-electron chi connectivity index (χ3n) is 2.60. The van der Waals surface area contributed by atoms with E-state index in [0.29, 0.717) is 18.7 Å². The quantitative estimate of drug-likeness (QED) is 0.697. The van der Waals surface area contributed by atoms with E-state index in [1.807, 2.05) is 12.1 Å². The Morgan fingerprint density at radius 2 is 1.65 bits per heavy atom. The van der Waals surface area contributed by atoms with Crippen LogP contribution >= 0.6 is 0 Å². The molecule has 0 fully saturated rings. The summed E-state index contributed by atoms with van der Waals surface area (Å²) in [5.74, 6) is 0.0822. The van der Waals surface area contributed by atoms with Crippen molar-refractivity contribution < 1.29 is 16.8 Å². The van der Waals surface area contributed by atoms with Crippen LogP contribution in [0.4, 0.5) is 5.69 Å². The highest BCUT2D eigenvalue weighted by Crippen LogP contribution is 2.12. The van der Waals surface area contributed by atoms with Crippen LogP contribution in [0, 0.1) is 0 Å². The second kappa shape index (κ2) is 7.05. The molecule has 0 saturated carbocycles. The molecule has 0 spiro atoms. The van der Waals surface area contributed by atoms with Crippen LogP contribution in [0.15, 0.2) is 24.3 Å². The molecule has 114 valence electrons.